The van der Waals surface area contributed by atoms with E-state index in [-0.39, 0.29) is 6.04 Å². The van der Waals surface area contributed by atoms with Gasteiger partial charge in [-0.15, -0.1) is 0 Å². The summed E-state index contributed by atoms with van der Waals surface area (Å²) in [7, 11) is 0. The first-order valence-electron chi connectivity index (χ1n) is 9.01. The second-order valence-corrected chi connectivity index (χ2v) is 6.94. The van der Waals surface area contributed by atoms with Gasteiger partial charge in [-0.3, -0.25) is 0 Å². The first kappa shape index (κ1) is 17.7. The standard InChI is InChI=1S/C22H31N/c1-18(16-17-20-11-5-3-6-12-20)10-9-15-22(19(2)23)21-13-7-4-8-14-21/h3-8,11-14,18-19,22H,9-10,15-17,23H2,1-2H3. The van der Waals surface area contributed by atoms with Gasteiger partial charge in [0.25, 0.3) is 0 Å². The summed E-state index contributed by atoms with van der Waals surface area (Å²) in [4.78, 5) is 0. The molecule has 0 aliphatic rings. The molecule has 2 aromatic rings. The van der Waals surface area contributed by atoms with Crippen molar-refractivity contribution < 1.29 is 0 Å². The van der Waals surface area contributed by atoms with Gasteiger partial charge in [-0.1, -0.05) is 80.4 Å². The number of hydrogen-bond acceptors (Lipinski definition) is 1. The molecule has 2 N–H and O–H groups in total. The summed E-state index contributed by atoms with van der Waals surface area (Å²) in [5.74, 6) is 1.26. The molecule has 2 aromatic carbocycles. The van der Waals surface area contributed by atoms with E-state index in [2.05, 4.69) is 74.5 Å². The normalized spacial score (nSPS) is 15.1. The molecule has 0 aromatic heterocycles. The van der Waals surface area contributed by atoms with Crippen LogP contribution in [0.5, 0.6) is 0 Å². The maximum atomic E-state index is 6.22. The fourth-order valence-corrected chi connectivity index (χ4v) is 3.32. The summed E-state index contributed by atoms with van der Waals surface area (Å²) in [6, 6.07) is 21.8. The Hall–Kier alpha value is -1.60. The highest BCUT2D eigenvalue weighted by Crippen LogP contribution is 2.26. The molecular formula is C22H31N. The van der Waals surface area contributed by atoms with Crippen molar-refractivity contribution in [3.63, 3.8) is 0 Å². The van der Waals surface area contributed by atoms with E-state index in [4.69, 9.17) is 5.73 Å². The summed E-state index contributed by atoms with van der Waals surface area (Å²) >= 11 is 0. The minimum atomic E-state index is 0.219. The third-order valence-corrected chi connectivity index (χ3v) is 4.84. The fraction of sp³-hybridized carbons (Fsp3) is 0.455. The summed E-state index contributed by atoms with van der Waals surface area (Å²) in [5.41, 5.74) is 9.06. The van der Waals surface area contributed by atoms with Gasteiger partial charge in [0.1, 0.15) is 0 Å². The molecule has 0 radical (unpaired) electrons. The van der Waals surface area contributed by atoms with Crippen molar-refractivity contribution in [2.45, 2.75) is 57.9 Å². The Labute approximate surface area is 141 Å². The smallest absolute Gasteiger partial charge is 0.00793 e. The molecule has 2 rings (SSSR count). The number of aryl methyl sites for hydroxylation is 1. The van der Waals surface area contributed by atoms with Crippen LogP contribution in [0.15, 0.2) is 60.7 Å². The van der Waals surface area contributed by atoms with Crippen molar-refractivity contribution in [3.8, 4) is 0 Å². The van der Waals surface area contributed by atoms with Crippen molar-refractivity contribution in [2.75, 3.05) is 0 Å². The summed E-state index contributed by atoms with van der Waals surface area (Å²) in [6.07, 6.45) is 6.22. The Morgan fingerprint density at radius 2 is 1.39 bits per heavy atom. The van der Waals surface area contributed by atoms with Crippen molar-refractivity contribution >= 4 is 0 Å². The van der Waals surface area contributed by atoms with E-state index in [1.54, 1.807) is 0 Å². The maximum Gasteiger partial charge on any atom is 0.00793 e. The first-order chi connectivity index (χ1) is 11.2. The van der Waals surface area contributed by atoms with Gasteiger partial charge in [0.15, 0.2) is 0 Å². The first-order valence-corrected chi connectivity index (χ1v) is 9.01. The number of nitrogens with two attached hydrogens (primary N) is 1. The lowest BCUT2D eigenvalue weighted by Gasteiger charge is -2.22. The molecule has 3 unspecified atom stereocenters. The fourth-order valence-electron chi connectivity index (χ4n) is 3.32. The zero-order valence-electron chi connectivity index (χ0n) is 14.6. The maximum absolute atomic E-state index is 6.22. The van der Waals surface area contributed by atoms with Crippen LogP contribution in [0, 0.1) is 5.92 Å². The van der Waals surface area contributed by atoms with Gasteiger partial charge in [-0.05, 0) is 49.1 Å². The van der Waals surface area contributed by atoms with Gasteiger partial charge in [-0.2, -0.15) is 0 Å². The van der Waals surface area contributed by atoms with E-state index in [0.29, 0.717) is 5.92 Å². The largest absolute Gasteiger partial charge is 0.327 e. The Kier molecular flexibility index (Phi) is 7.35. The number of hydrogen-bond donors (Lipinski definition) is 1. The summed E-state index contributed by atoms with van der Waals surface area (Å²) in [6.45, 7) is 4.52. The van der Waals surface area contributed by atoms with Crippen molar-refractivity contribution in [1.29, 1.82) is 0 Å². The zero-order chi connectivity index (χ0) is 16.5. The molecule has 1 heteroatoms. The van der Waals surface area contributed by atoms with Crippen LogP contribution in [0.2, 0.25) is 0 Å². The quantitative estimate of drug-likeness (QED) is 0.645. The minimum Gasteiger partial charge on any atom is -0.327 e. The van der Waals surface area contributed by atoms with Gasteiger partial charge in [0.05, 0.1) is 0 Å². The van der Waals surface area contributed by atoms with E-state index in [1.807, 2.05) is 0 Å². The average Bonchev–Trinajstić information content (AvgIpc) is 2.58. The van der Waals surface area contributed by atoms with Crippen LogP contribution in [0.25, 0.3) is 0 Å². The van der Waals surface area contributed by atoms with Crippen LogP contribution in [0.1, 0.15) is 56.6 Å². The van der Waals surface area contributed by atoms with E-state index < -0.39 is 0 Å². The highest BCUT2D eigenvalue weighted by atomic mass is 14.6. The van der Waals surface area contributed by atoms with Crippen molar-refractivity contribution in [1.82, 2.24) is 0 Å². The number of benzene rings is 2. The molecule has 0 saturated heterocycles. The Morgan fingerprint density at radius 1 is 0.783 bits per heavy atom. The molecule has 23 heavy (non-hydrogen) atoms. The van der Waals surface area contributed by atoms with E-state index >= 15 is 0 Å². The molecule has 0 spiro atoms. The Bertz CT molecular complexity index is 532. The van der Waals surface area contributed by atoms with Crippen LogP contribution >= 0.6 is 0 Å². The predicted molar refractivity (Wildman–Crippen MR) is 101 cm³/mol. The lowest BCUT2D eigenvalue weighted by Crippen LogP contribution is -2.24. The molecule has 0 amide bonds. The lowest BCUT2D eigenvalue weighted by atomic mass is 9.86. The van der Waals surface area contributed by atoms with Crippen LogP contribution in [0.3, 0.4) is 0 Å². The minimum absolute atomic E-state index is 0.219. The third kappa shape index (κ3) is 6.19. The van der Waals surface area contributed by atoms with Gasteiger partial charge in [0, 0.05) is 6.04 Å². The third-order valence-electron chi connectivity index (χ3n) is 4.84. The molecule has 0 bridgehead atoms. The number of rotatable bonds is 9. The highest BCUT2D eigenvalue weighted by Gasteiger charge is 2.16. The van der Waals surface area contributed by atoms with E-state index in [1.165, 1.54) is 43.2 Å². The van der Waals surface area contributed by atoms with E-state index in [9.17, 15) is 0 Å². The molecule has 0 saturated carbocycles. The lowest BCUT2D eigenvalue weighted by molar-refractivity contribution is 0.430. The summed E-state index contributed by atoms with van der Waals surface area (Å²) in [5, 5.41) is 0. The van der Waals surface area contributed by atoms with Gasteiger partial charge >= 0.3 is 0 Å². The van der Waals surface area contributed by atoms with Crippen LogP contribution < -0.4 is 5.73 Å². The highest BCUT2D eigenvalue weighted by molar-refractivity contribution is 5.20. The molecule has 1 nitrogen and oxygen atoms in total. The van der Waals surface area contributed by atoms with Crippen molar-refractivity contribution in [2.24, 2.45) is 11.7 Å². The SMILES string of the molecule is CC(CCCC(c1ccccc1)C(C)N)CCc1ccccc1. The summed E-state index contributed by atoms with van der Waals surface area (Å²) < 4.78 is 0. The molecule has 124 valence electrons. The molecule has 0 fully saturated rings. The van der Waals surface area contributed by atoms with Crippen molar-refractivity contribution in [3.05, 3.63) is 71.8 Å². The van der Waals surface area contributed by atoms with Gasteiger partial charge in [-0.25, -0.2) is 0 Å². The second kappa shape index (κ2) is 9.52. The molecule has 0 aliphatic carbocycles. The molecule has 0 aliphatic heterocycles. The van der Waals surface area contributed by atoms with E-state index in [0.717, 1.165) is 5.92 Å². The molecule has 3 atom stereocenters. The molecule has 0 heterocycles. The van der Waals surface area contributed by atoms with Crippen LogP contribution in [-0.2, 0) is 6.42 Å². The van der Waals surface area contributed by atoms with Crippen LogP contribution in [0.4, 0.5) is 0 Å². The Balaban J connectivity index is 1.74. The second-order valence-electron chi connectivity index (χ2n) is 6.94. The topological polar surface area (TPSA) is 26.0 Å². The van der Waals surface area contributed by atoms with Gasteiger partial charge < -0.3 is 5.73 Å². The Morgan fingerprint density at radius 3 is 2.00 bits per heavy atom. The molecular weight excluding hydrogens is 278 g/mol. The monoisotopic (exact) mass is 309 g/mol. The zero-order valence-corrected chi connectivity index (χ0v) is 14.6. The van der Waals surface area contributed by atoms with Gasteiger partial charge in [0.2, 0.25) is 0 Å². The van der Waals surface area contributed by atoms with Crippen LogP contribution in [-0.4, -0.2) is 6.04 Å². The predicted octanol–water partition coefficient (Wildman–Crippen LogP) is 5.56. The average molecular weight is 309 g/mol.